The molecule has 0 aromatic heterocycles. The molecular weight excluding hydrogens is 411 g/mol. The van der Waals surface area contributed by atoms with Gasteiger partial charge in [0.2, 0.25) is 0 Å². The number of nitrogens with one attached hydrogen (secondary N) is 1. The van der Waals surface area contributed by atoms with Gasteiger partial charge in [0.1, 0.15) is 0 Å². The molecule has 0 aliphatic heterocycles. The van der Waals surface area contributed by atoms with Gasteiger partial charge in [0, 0.05) is 27.6 Å². The maximum Gasteiger partial charge on any atom is 0.270 e. The highest BCUT2D eigenvalue weighted by Crippen LogP contribution is 2.28. The topological polar surface area (TPSA) is 55.2 Å². The predicted molar refractivity (Wildman–Crippen MR) is 87.3 cm³/mol. The van der Waals surface area contributed by atoms with E-state index in [0.717, 1.165) is 15.7 Å². The molecule has 0 bridgehead atoms. The summed E-state index contributed by atoms with van der Waals surface area (Å²) in [6.07, 6.45) is 0. The summed E-state index contributed by atoms with van der Waals surface area (Å²) in [5.41, 5.74) is 1.76. The Morgan fingerprint density at radius 3 is 2.60 bits per heavy atom. The maximum absolute atomic E-state index is 10.7. The lowest BCUT2D eigenvalue weighted by Gasteiger charge is -2.10. The largest absolute Gasteiger partial charge is 0.380 e. The van der Waals surface area contributed by atoms with Crippen LogP contribution in [0, 0.1) is 10.1 Å². The first-order valence-corrected chi connectivity index (χ1v) is 7.55. The van der Waals surface area contributed by atoms with Crippen molar-refractivity contribution in [1.29, 1.82) is 0 Å². The molecule has 7 heteroatoms. The number of hydrogen-bond acceptors (Lipinski definition) is 3. The second-order valence-corrected chi connectivity index (χ2v) is 6.19. The minimum absolute atomic E-state index is 0.0566. The van der Waals surface area contributed by atoms with Crippen LogP contribution in [-0.4, -0.2) is 4.92 Å². The van der Waals surface area contributed by atoms with Crippen molar-refractivity contribution in [3.63, 3.8) is 0 Å². The Morgan fingerprint density at radius 1 is 1.20 bits per heavy atom. The minimum Gasteiger partial charge on any atom is -0.380 e. The molecule has 104 valence electrons. The van der Waals surface area contributed by atoms with Crippen molar-refractivity contribution in [2.24, 2.45) is 0 Å². The van der Waals surface area contributed by atoms with Crippen LogP contribution in [0.2, 0.25) is 5.02 Å². The lowest BCUT2D eigenvalue weighted by Crippen LogP contribution is -2.01. The smallest absolute Gasteiger partial charge is 0.270 e. The fourth-order valence-electron chi connectivity index (χ4n) is 1.62. The van der Waals surface area contributed by atoms with E-state index in [1.165, 1.54) is 12.1 Å². The van der Waals surface area contributed by atoms with Crippen LogP contribution in [0.1, 0.15) is 5.56 Å². The van der Waals surface area contributed by atoms with E-state index < -0.39 is 4.92 Å². The average molecular weight is 420 g/mol. The Hall–Kier alpha value is -1.11. The van der Waals surface area contributed by atoms with Gasteiger partial charge < -0.3 is 5.32 Å². The van der Waals surface area contributed by atoms with Crippen molar-refractivity contribution in [2.45, 2.75) is 6.54 Å². The number of nitro benzene ring substituents is 1. The number of halogens is 3. The first-order valence-electron chi connectivity index (χ1n) is 5.59. The second kappa shape index (κ2) is 6.56. The third-order valence-corrected chi connectivity index (χ3v) is 4.21. The van der Waals surface area contributed by atoms with Crippen LogP contribution < -0.4 is 5.32 Å². The highest BCUT2D eigenvalue weighted by molar-refractivity contribution is 9.10. The van der Waals surface area contributed by atoms with E-state index in [0.29, 0.717) is 16.0 Å². The fraction of sp³-hybridized carbons (Fsp3) is 0.0769. The standard InChI is InChI=1S/C13H9Br2ClN2O2/c14-9-2-4-12(16)13(5-9)17-7-8-1-3-10(18(19)20)6-11(8)15/h1-6,17H,7H2. The highest BCUT2D eigenvalue weighted by atomic mass is 79.9. The number of nitro groups is 1. The molecule has 2 aromatic rings. The lowest BCUT2D eigenvalue weighted by molar-refractivity contribution is -0.384. The summed E-state index contributed by atoms with van der Waals surface area (Å²) in [4.78, 5) is 10.2. The Labute approximate surface area is 137 Å². The summed E-state index contributed by atoms with van der Waals surface area (Å²) in [6.45, 7) is 0.509. The molecule has 0 unspecified atom stereocenters. The molecule has 0 radical (unpaired) electrons. The zero-order chi connectivity index (χ0) is 14.7. The summed E-state index contributed by atoms with van der Waals surface area (Å²) >= 11 is 12.8. The monoisotopic (exact) mass is 418 g/mol. The first kappa shape index (κ1) is 15.3. The molecule has 0 fully saturated rings. The van der Waals surface area contributed by atoms with E-state index in [2.05, 4.69) is 37.2 Å². The number of rotatable bonds is 4. The summed E-state index contributed by atoms with van der Waals surface area (Å²) in [5, 5.41) is 14.5. The molecule has 0 aliphatic rings. The van der Waals surface area contributed by atoms with E-state index in [9.17, 15) is 10.1 Å². The number of benzene rings is 2. The van der Waals surface area contributed by atoms with E-state index in [1.807, 2.05) is 12.1 Å². The molecule has 20 heavy (non-hydrogen) atoms. The molecule has 0 amide bonds. The zero-order valence-electron chi connectivity index (χ0n) is 10.1. The van der Waals surface area contributed by atoms with Gasteiger partial charge in [0.25, 0.3) is 5.69 Å². The van der Waals surface area contributed by atoms with E-state index in [-0.39, 0.29) is 5.69 Å². The maximum atomic E-state index is 10.7. The summed E-state index contributed by atoms with van der Waals surface area (Å²) in [5.74, 6) is 0. The van der Waals surface area contributed by atoms with Gasteiger partial charge >= 0.3 is 0 Å². The molecule has 0 saturated carbocycles. The van der Waals surface area contributed by atoms with Crippen molar-refractivity contribution >= 4 is 54.8 Å². The Morgan fingerprint density at radius 2 is 1.95 bits per heavy atom. The fourth-order valence-corrected chi connectivity index (χ4v) is 2.67. The van der Waals surface area contributed by atoms with Gasteiger partial charge in [-0.15, -0.1) is 0 Å². The molecular formula is C13H9Br2ClN2O2. The quantitative estimate of drug-likeness (QED) is 0.533. The second-order valence-electron chi connectivity index (χ2n) is 4.01. The Kier molecular flexibility index (Phi) is 5.01. The SMILES string of the molecule is O=[N+]([O-])c1ccc(CNc2cc(Br)ccc2Cl)c(Br)c1. The molecule has 0 saturated heterocycles. The number of nitrogens with zero attached hydrogens (tertiary/aromatic N) is 1. The third-order valence-electron chi connectivity index (χ3n) is 2.65. The van der Waals surface area contributed by atoms with Crippen molar-refractivity contribution < 1.29 is 4.92 Å². The molecule has 0 heterocycles. The molecule has 2 aromatic carbocycles. The third kappa shape index (κ3) is 3.71. The Bertz CT molecular complexity index is 665. The molecule has 4 nitrogen and oxygen atoms in total. The number of non-ortho nitro benzene ring substituents is 1. The minimum atomic E-state index is -0.423. The molecule has 2 rings (SSSR count). The van der Waals surface area contributed by atoms with Crippen LogP contribution >= 0.6 is 43.5 Å². The van der Waals surface area contributed by atoms with Crippen molar-refractivity contribution in [3.05, 3.63) is 66.0 Å². The van der Waals surface area contributed by atoms with E-state index in [1.54, 1.807) is 12.1 Å². The van der Waals surface area contributed by atoms with Gasteiger partial charge in [-0.25, -0.2) is 0 Å². The van der Waals surface area contributed by atoms with Crippen molar-refractivity contribution in [3.8, 4) is 0 Å². The van der Waals surface area contributed by atoms with Gasteiger partial charge in [0.15, 0.2) is 0 Å². The van der Waals surface area contributed by atoms with E-state index in [4.69, 9.17) is 11.6 Å². The highest BCUT2D eigenvalue weighted by Gasteiger charge is 2.09. The van der Waals surface area contributed by atoms with Crippen molar-refractivity contribution in [1.82, 2.24) is 0 Å². The Balaban J connectivity index is 2.15. The molecule has 0 aliphatic carbocycles. The summed E-state index contributed by atoms with van der Waals surface area (Å²) < 4.78 is 1.61. The number of anilines is 1. The van der Waals surface area contributed by atoms with E-state index >= 15 is 0 Å². The molecule has 0 atom stereocenters. The summed E-state index contributed by atoms with van der Waals surface area (Å²) in [6, 6.07) is 10.2. The first-order chi connectivity index (χ1) is 9.47. The van der Waals surface area contributed by atoms with Gasteiger partial charge in [0.05, 0.1) is 15.6 Å². The average Bonchev–Trinajstić information content (AvgIpc) is 2.40. The van der Waals surface area contributed by atoms with Crippen LogP contribution in [0.25, 0.3) is 0 Å². The summed E-state index contributed by atoms with van der Waals surface area (Å²) in [7, 11) is 0. The number of hydrogen-bond donors (Lipinski definition) is 1. The van der Waals surface area contributed by atoms with Crippen LogP contribution in [0.5, 0.6) is 0 Å². The van der Waals surface area contributed by atoms with Gasteiger partial charge in [-0.05, 0) is 29.8 Å². The van der Waals surface area contributed by atoms with Crippen LogP contribution in [0.15, 0.2) is 45.3 Å². The van der Waals surface area contributed by atoms with Crippen LogP contribution in [0.4, 0.5) is 11.4 Å². The van der Waals surface area contributed by atoms with Gasteiger partial charge in [-0.1, -0.05) is 43.5 Å². The van der Waals surface area contributed by atoms with Crippen LogP contribution in [0.3, 0.4) is 0 Å². The van der Waals surface area contributed by atoms with Crippen molar-refractivity contribution in [2.75, 3.05) is 5.32 Å². The van der Waals surface area contributed by atoms with Gasteiger partial charge in [-0.2, -0.15) is 0 Å². The molecule has 1 N–H and O–H groups in total. The molecule has 0 spiro atoms. The lowest BCUT2D eigenvalue weighted by atomic mass is 10.2. The van der Waals surface area contributed by atoms with Gasteiger partial charge in [-0.3, -0.25) is 10.1 Å². The van der Waals surface area contributed by atoms with Crippen LogP contribution in [-0.2, 0) is 6.54 Å². The zero-order valence-corrected chi connectivity index (χ0v) is 14.0. The predicted octanol–water partition coefficient (Wildman–Crippen LogP) is 5.39. The normalized spacial score (nSPS) is 10.3.